The number of fused-ring (bicyclic) bond motifs is 2. The van der Waals surface area contributed by atoms with Crippen molar-refractivity contribution in [3.05, 3.63) is 76.0 Å². The molecule has 0 bridgehead atoms. The molecule has 1 aliphatic rings. The third kappa shape index (κ3) is 4.15. The minimum absolute atomic E-state index is 0.235. The number of anilines is 2. The van der Waals surface area contributed by atoms with E-state index in [1.807, 2.05) is 43.3 Å². The number of aromatic nitrogens is 2. The number of ether oxygens (including phenoxy) is 1. The SMILES string of the molecule is CN(C)c1c(C(=O)Nc2cccc3c2CCCO3)cnc2c(-c3cc(Cl)cc(Cl)c3)nccc12. The van der Waals surface area contributed by atoms with Crippen LogP contribution < -0.4 is 15.0 Å². The minimum Gasteiger partial charge on any atom is -0.493 e. The van der Waals surface area contributed by atoms with Crippen LogP contribution in [0.2, 0.25) is 10.0 Å². The molecule has 0 aliphatic carbocycles. The molecular formula is C26H22Cl2N4O2. The summed E-state index contributed by atoms with van der Waals surface area (Å²) in [5, 5.41) is 4.90. The molecule has 0 saturated carbocycles. The lowest BCUT2D eigenvalue weighted by Gasteiger charge is -2.22. The van der Waals surface area contributed by atoms with E-state index in [4.69, 9.17) is 27.9 Å². The molecule has 0 atom stereocenters. The van der Waals surface area contributed by atoms with Gasteiger partial charge in [0.2, 0.25) is 0 Å². The van der Waals surface area contributed by atoms with Crippen LogP contribution in [0.25, 0.3) is 22.2 Å². The fourth-order valence-electron chi connectivity index (χ4n) is 4.36. The van der Waals surface area contributed by atoms with Crippen molar-refractivity contribution >= 4 is 51.4 Å². The number of rotatable bonds is 4. The lowest BCUT2D eigenvalue weighted by Crippen LogP contribution is -2.21. The average Bonchev–Trinajstić information content (AvgIpc) is 2.82. The quantitative estimate of drug-likeness (QED) is 0.364. The van der Waals surface area contributed by atoms with Gasteiger partial charge in [0.1, 0.15) is 5.75 Å². The Hall–Kier alpha value is -3.35. The Labute approximate surface area is 207 Å². The Kier molecular flexibility index (Phi) is 6.02. The maximum Gasteiger partial charge on any atom is 0.259 e. The average molecular weight is 493 g/mol. The Balaban J connectivity index is 1.60. The van der Waals surface area contributed by atoms with Crippen LogP contribution in [0.5, 0.6) is 5.75 Å². The van der Waals surface area contributed by atoms with Crippen LogP contribution in [0.1, 0.15) is 22.3 Å². The monoisotopic (exact) mass is 492 g/mol. The smallest absolute Gasteiger partial charge is 0.259 e. The molecule has 2 aromatic carbocycles. The van der Waals surface area contributed by atoms with E-state index in [-0.39, 0.29) is 5.91 Å². The molecule has 5 rings (SSSR count). The number of amides is 1. The van der Waals surface area contributed by atoms with Crippen molar-refractivity contribution in [3.63, 3.8) is 0 Å². The molecule has 34 heavy (non-hydrogen) atoms. The molecule has 8 heteroatoms. The highest BCUT2D eigenvalue weighted by molar-refractivity contribution is 6.35. The van der Waals surface area contributed by atoms with Gasteiger partial charge in [-0.3, -0.25) is 14.8 Å². The largest absolute Gasteiger partial charge is 0.493 e. The number of hydrogen-bond acceptors (Lipinski definition) is 5. The number of carbonyl (C=O) groups excluding carboxylic acids is 1. The fourth-order valence-corrected chi connectivity index (χ4v) is 4.88. The van der Waals surface area contributed by atoms with E-state index in [1.54, 1.807) is 30.6 Å². The van der Waals surface area contributed by atoms with Crippen LogP contribution in [-0.2, 0) is 6.42 Å². The summed E-state index contributed by atoms with van der Waals surface area (Å²) in [5.41, 5.74) is 5.06. The van der Waals surface area contributed by atoms with Crippen LogP contribution >= 0.6 is 23.2 Å². The van der Waals surface area contributed by atoms with E-state index in [1.165, 1.54) is 0 Å². The van der Waals surface area contributed by atoms with Crippen molar-refractivity contribution in [1.29, 1.82) is 0 Å². The number of nitrogens with zero attached hydrogens (tertiary/aromatic N) is 3. The summed E-state index contributed by atoms with van der Waals surface area (Å²) in [5.74, 6) is 0.589. The van der Waals surface area contributed by atoms with Crippen molar-refractivity contribution in [2.75, 3.05) is 30.9 Å². The van der Waals surface area contributed by atoms with E-state index >= 15 is 0 Å². The van der Waals surface area contributed by atoms with Crippen LogP contribution in [0.4, 0.5) is 11.4 Å². The summed E-state index contributed by atoms with van der Waals surface area (Å²) >= 11 is 12.4. The van der Waals surface area contributed by atoms with Gasteiger partial charge in [0, 0.05) is 58.7 Å². The summed E-state index contributed by atoms with van der Waals surface area (Å²) < 4.78 is 5.75. The van der Waals surface area contributed by atoms with Gasteiger partial charge < -0.3 is 15.0 Å². The van der Waals surface area contributed by atoms with Gasteiger partial charge in [0.25, 0.3) is 5.91 Å². The summed E-state index contributed by atoms with van der Waals surface area (Å²) in [6.07, 6.45) is 5.08. The van der Waals surface area contributed by atoms with E-state index in [0.717, 1.165) is 46.5 Å². The number of carbonyl (C=O) groups is 1. The molecule has 6 nitrogen and oxygen atoms in total. The van der Waals surface area contributed by atoms with Crippen LogP contribution in [0, 0.1) is 0 Å². The summed E-state index contributed by atoms with van der Waals surface area (Å²) in [7, 11) is 3.81. The maximum absolute atomic E-state index is 13.4. The van der Waals surface area contributed by atoms with Gasteiger partial charge in [-0.05, 0) is 49.2 Å². The molecule has 0 fully saturated rings. The van der Waals surface area contributed by atoms with Gasteiger partial charge in [-0.25, -0.2) is 0 Å². The zero-order chi connectivity index (χ0) is 23.8. The number of hydrogen-bond donors (Lipinski definition) is 1. The topological polar surface area (TPSA) is 67.4 Å². The Bertz CT molecular complexity index is 1400. The molecule has 0 unspecified atom stereocenters. The predicted octanol–water partition coefficient (Wildman–Crippen LogP) is 6.25. The Morgan fingerprint density at radius 1 is 1.09 bits per heavy atom. The second-order valence-electron chi connectivity index (χ2n) is 8.32. The molecule has 0 spiro atoms. The highest BCUT2D eigenvalue weighted by Crippen LogP contribution is 2.36. The van der Waals surface area contributed by atoms with Gasteiger partial charge in [-0.15, -0.1) is 0 Å². The standard InChI is InChI=1S/C26H22Cl2N4O2/c1-32(2)25-19-8-9-29-23(15-11-16(27)13-17(28)12-15)24(19)30-14-20(25)26(33)31-21-6-3-7-22-18(21)5-4-10-34-22/h3,6-9,11-14H,4-5,10H2,1-2H3,(H,31,33). The summed E-state index contributed by atoms with van der Waals surface area (Å²) in [6, 6.07) is 12.9. The highest BCUT2D eigenvalue weighted by atomic mass is 35.5. The Morgan fingerprint density at radius 3 is 2.65 bits per heavy atom. The first-order valence-corrected chi connectivity index (χ1v) is 11.7. The normalized spacial score (nSPS) is 12.7. The Morgan fingerprint density at radius 2 is 1.88 bits per heavy atom. The summed E-state index contributed by atoms with van der Waals surface area (Å²) in [4.78, 5) is 24.5. The fraction of sp³-hybridized carbons (Fsp3) is 0.192. The lowest BCUT2D eigenvalue weighted by molar-refractivity contribution is 0.102. The minimum atomic E-state index is -0.235. The van der Waals surface area contributed by atoms with Crippen LogP contribution in [0.15, 0.2) is 54.9 Å². The van der Waals surface area contributed by atoms with Crippen molar-refractivity contribution < 1.29 is 9.53 Å². The zero-order valence-corrected chi connectivity index (χ0v) is 20.2. The van der Waals surface area contributed by atoms with Crippen LogP contribution in [0.3, 0.4) is 0 Å². The van der Waals surface area contributed by atoms with Crippen molar-refractivity contribution in [2.45, 2.75) is 12.8 Å². The van der Waals surface area contributed by atoms with E-state index < -0.39 is 0 Å². The van der Waals surface area contributed by atoms with Gasteiger partial charge in [0.05, 0.1) is 29.1 Å². The number of halogens is 2. The first kappa shape index (κ1) is 22.4. The predicted molar refractivity (Wildman–Crippen MR) is 138 cm³/mol. The highest BCUT2D eigenvalue weighted by Gasteiger charge is 2.22. The molecule has 1 amide bonds. The third-order valence-electron chi connectivity index (χ3n) is 5.80. The number of pyridine rings is 2. The second kappa shape index (κ2) is 9.12. The first-order valence-electron chi connectivity index (χ1n) is 10.9. The van der Waals surface area contributed by atoms with Crippen LogP contribution in [-0.4, -0.2) is 36.6 Å². The molecule has 1 N–H and O–H groups in total. The van der Waals surface area contributed by atoms with Gasteiger partial charge >= 0.3 is 0 Å². The van der Waals surface area contributed by atoms with Crippen molar-refractivity contribution in [2.24, 2.45) is 0 Å². The van der Waals surface area contributed by atoms with E-state index in [0.29, 0.717) is 33.4 Å². The molecular weight excluding hydrogens is 471 g/mol. The molecule has 0 saturated heterocycles. The van der Waals surface area contributed by atoms with Crippen molar-refractivity contribution in [3.8, 4) is 17.0 Å². The van der Waals surface area contributed by atoms with Gasteiger partial charge in [0.15, 0.2) is 0 Å². The van der Waals surface area contributed by atoms with Gasteiger partial charge in [-0.1, -0.05) is 29.3 Å². The summed E-state index contributed by atoms with van der Waals surface area (Å²) in [6.45, 7) is 0.692. The van der Waals surface area contributed by atoms with E-state index in [2.05, 4.69) is 15.3 Å². The molecule has 172 valence electrons. The second-order valence-corrected chi connectivity index (χ2v) is 9.19. The third-order valence-corrected chi connectivity index (χ3v) is 6.23. The zero-order valence-electron chi connectivity index (χ0n) is 18.7. The molecule has 0 radical (unpaired) electrons. The molecule has 4 aromatic rings. The molecule has 3 heterocycles. The molecule has 2 aromatic heterocycles. The maximum atomic E-state index is 13.4. The number of benzene rings is 2. The van der Waals surface area contributed by atoms with E-state index in [9.17, 15) is 4.79 Å². The van der Waals surface area contributed by atoms with Crippen molar-refractivity contribution in [1.82, 2.24) is 9.97 Å². The number of nitrogens with one attached hydrogen (secondary N) is 1. The molecule has 1 aliphatic heterocycles. The lowest BCUT2D eigenvalue weighted by atomic mass is 10.0. The van der Waals surface area contributed by atoms with Gasteiger partial charge in [-0.2, -0.15) is 0 Å². The first-order chi connectivity index (χ1) is 16.4.